The Morgan fingerprint density at radius 2 is 2.25 bits per heavy atom. The van der Waals surface area contributed by atoms with Crippen molar-refractivity contribution in [3.05, 3.63) is 59.1 Å². The van der Waals surface area contributed by atoms with E-state index in [0.717, 1.165) is 22.9 Å². The molecule has 1 aromatic carbocycles. The number of amides is 1. The zero-order valence-corrected chi connectivity index (χ0v) is 11.4. The molecule has 2 aromatic heterocycles. The maximum absolute atomic E-state index is 11.7. The van der Waals surface area contributed by atoms with Gasteiger partial charge in [-0.25, -0.2) is 0 Å². The van der Waals surface area contributed by atoms with Crippen molar-refractivity contribution >= 4 is 28.4 Å². The van der Waals surface area contributed by atoms with Crippen LogP contribution in [0.3, 0.4) is 0 Å². The molecule has 4 nitrogen and oxygen atoms in total. The molecule has 0 atom stereocenters. The minimum Gasteiger partial charge on any atom is -0.459 e. The summed E-state index contributed by atoms with van der Waals surface area (Å²) in [7, 11) is 0. The van der Waals surface area contributed by atoms with E-state index in [0.29, 0.717) is 17.3 Å². The highest BCUT2D eigenvalue weighted by molar-refractivity contribution is 6.31. The largest absolute Gasteiger partial charge is 0.459 e. The van der Waals surface area contributed by atoms with Gasteiger partial charge < -0.3 is 14.7 Å². The number of hydrogen-bond donors (Lipinski definition) is 2. The highest BCUT2D eigenvalue weighted by atomic mass is 35.5. The number of carbonyl (C=O) groups excluding carboxylic acids is 1. The molecule has 0 aliphatic heterocycles. The highest BCUT2D eigenvalue weighted by Crippen LogP contribution is 2.22. The van der Waals surface area contributed by atoms with E-state index in [1.807, 2.05) is 24.4 Å². The number of benzene rings is 1. The Kier molecular flexibility index (Phi) is 3.48. The van der Waals surface area contributed by atoms with Crippen molar-refractivity contribution in [1.29, 1.82) is 0 Å². The van der Waals surface area contributed by atoms with Crippen LogP contribution in [0.2, 0.25) is 5.02 Å². The average Bonchev–Trinajstić information content (AvgIpc) is 3.08. The summed E-state index contributed by atoms with van der Waals surface area (Å²) in [5, 5.41) is 4.66. The lowest BCUT2D eigenvalue weighted by molar-refractivity contribution is 0.0926. The molecule has 3 rings (SSSR count). The second kappa shape index (κ2) is 5.43. The van der Waals surface area contributed by atoms with Gasteiger partial charge in [0.1, 0.15) is 0 Å². The first-order valence-corrected chi connectivity index (χ1v) is 6.69. The van der Waals surface area contributed by atoms with E-state index in [9.17, 15) is 4.79 Å². The van der Waals surface area contributed by atoms with Crippen molar-refractivity contribution in [1.82, 2.24) is 10.3 Å². The summed E-state index contributed by atoms with van der Waals surface area (Å²) < 4.78 is 5.03. The molecule has 0 aliphatic carbocycles. The molecule has 2 N–H and O–H groups in total. The first kappa shape index (κ1) is 12.8. The molecule has 0 aliphatic rings. The third kappa shape index (κ3) is 2.56. The van der Waals surface area contributed by atoms with Crippen LogP contribution in [0.1, 0.15) is 16.1 Å². The first-order chi connectivity index (χ1) is 9.74. The maximum Gasteiger partial charge on any atom is 0.286 e. The number of nitrogens with one attached hydrogen (secondary N) is 2. The van der Waals surface area contributed by atoms with E-state index in [1.54, 1.807) is 12.1 Å². The van der Waals surface area contributed by atoms with Gasteiger partial charge in [0, 0.05) is 28.7 Å². The Labute approximate surface area is 120 Å². The normalized spacial score (nSPS) is 10.8. The first-order valence-electron chi connectivity index (χ1n) is 6.31. The average molecular weight is 289 g/mol. The minimum atomic E-state index is -0.196. The second-order valence-corrected chi connectivity index (χ2v) is 4.92. The zero-order chi connectivity index (χ0) is 13.9. The molecule has 1 amide bonds. The van der Waals surface area contributed by atoms with Gasteiger partial charge in [-0.1, -0.05) is 17.7 Å². The molecule has 0 bridgehead atoms. The number of furan rings is 1. The molecule has 3 aromatic rings. The number of rotatable bonds is 4. The quantitative estimate of drug-likeness (QED) is 0.773. The van der Waals surface area contributed by atoms with Gasteiger partial charge in [0.05, 0.1) is 6.26 Å². The molecule has 20 heavy (non-hydrogen) atoms. The number of fused-ring (bicyclic) bond motifs is 1. The maximum atomic E-state index is 11.7. The molecular formula is C15H13ClN2O2. The number of aromatic amines is 1. The lowest BCUT2D eigenvalue weighted by Gasteiger charge is -2.02. The summed E-state index contributed by atoms with van der Waals surface area (Å²) in [5.74, 6) is 0.133. The van der Waals surface area contributed by atoms with Crippen molar-refractivity contribution in [2.75, 3.05) is 6.54 Å². The second-order valence-electron chi connectivity index (χ2n) is 4.49. The molecule has 0 unspecified atom stereocenters. The molecule has 5 heteroatoms. The zero-order valence-electron chi connectivity index (χ0n) is 10.7. The number of aromatic nitrogens is 1. The van der Waals surface area contributed by atoms with Crippen molar-refractivity contribution in [2.45, 2.75) is 6.42 Å². The predicted molar refractivity (Wildman–Crippen MR) is 78.1 cm³/mol. The fourth-order valence-corrected chi connectivity index (χ4v) is 2.34. The summed E-state index contributed by atoms with van der Waals surface area (Å²) >= 11 is 5.94. The monoisotopic (exact) mass is 288 g/mol. The summed E-state index contributed by atoms with van der Waals surface area (Å²) in [5.41, 5.74) is 2.15. The lowest BCUT2D eigenvalue weighted by Crippen LogP contribution is -2.25. The van der Waals surface area contributed by atoms with Gasteiger partial charge in [0.15, 0.2) is 5.76 Å². The van der Waals surface area contributed by atoms with Crippen molar-refractivity contribution in [3.8, 4) is 0 Å². The van der Waals surface area contributed by atoms with Crippen molar-refractivity contribution in [3.63, 3.8) is 0 Å². The van der Waals surface area contributed by atoms with Gasteiger partial charge in [0.2, 0.25) is 0 Å². The van der Waals surface area contributed by atoms with Crippen molar-refractivity contribution < 1.29 is 9.21 Å². The third-order valence-corrected chi connectivity index (χ3v) is 3.39. The van der Waals surface area contributed by atoms with Crippen LogP contribution in [0.15, 0.2) is 47.2 Å². The van der Waals surface area contributed by atoms with Gasteiger partial charge in [0.25, 0.3) is 5.91 Å². The Hall–Kier alpha value is -2.20. The summed E-state index contributed by atoms with van der Waals surface area (Å²) in [4.78, 5) is 14.9. The van der Waals surface area contributed by atoms with Crippen LogP contribution in [-0.4, -0.2) is 17.4 Å². The molecule has 2 heterocycles. The Bertz CT molecular complexity index is 732. The van der Waals surface area contributed by atoms with Crippen molar-refractivity contribution in [2.24, 2.45) is 0 Å². The van der Waals surface area contributed by atoms with Crippen LogP contribution in [0.4, 0.5) is 0 Å². The molecule has 0 saturated carbocycles. The topological polar surface area (TPSA) is 58.0 Å². The van der Waals surface area contributed by atoms with E-state index in [2.05, 4.69) is 10.3 Å². The van der Waals surface area contributed by atoms with E-state index >= 15 is 0 Å². The fraction of sp³-hybridized carbons (Fsp3) is 0.133. The number of halogens is 1. The SMILES string of the molecule is O=C(NCCc1c[nH]c2cc(Cl)ccc12)c1ccco1. The van der Waals surface area contributed by atoms with Crippen LogP contribution in [0.25, 0.3) is 10.9 Å². The van der Waals surface area contributed by atoms with E-state index in [-0.39, 0.29) is 5.91 Å². The highest BCUT2D eigenvalue weighted by Gasteiger charge is 2.08. The number of H-pyrrole nitrogens is 1. The molecule has 0 saturated heterocycles. The van der Waals surface area contributed by atoms with Crippen LogP contribution >= 0.6 is 11.6 Å². The molecule has 0 spiro atoms. The predicted octanol–water partition coefficient (Wildman–Crippen LogP) is 3.39. The Morgan fingerprint density at radius 1 is 1.35 bits per heavy atom. The van der Waals surface area contributed by atoms with Crippen LogP contribution < -0.4 is 5.32 Å². The summed E-state index contributed by atoms with van der Waals surface area (Å²) in [6, 6.07) is 9.07. The van der Waals surface area contributed by atoms with Gasteiger partial charge in [-0.15, -0.1) is 0 Å². The lowest BCUT2D eigenvalue weighted by atomic mass is 10.1. The fourth-order valence-electron chi connectivity index (χ4n) is 2.17. The third-order valence-electron chi connectivity index (χ3n) is 3.15. The van der Waals surface area contributed by atoms with Gasteiger partial charge in [-0.05, 0) is 36.2 Å². The van der Waals surface area contributed by atoms with E-state index in [1.165, 1.54) is 6.26 Å². The molecular weight excluding hydrogens is 276 g/mol. The smallest absolute Gasteiger partial charge is 0.286 e. The van der Waals surface area contributed by atoms with Crippen LogP contribution in [0.5, 0.6) is 0 Å². The van der Waals surface area contributed by atoms with E-state index in [4.69, 9.17) is 16.0 Å². The number of hydrogen-bond acceptors (Lipinski definition) is 2. The molecule has 102 valence electrons. The van der Waals surface area contributed by atoms with E-state index < -0.39 is 0 Å². The van der Waals surface area contributed by atoms with Gasteiger partial charge in [-0.2, -0.15) is 0 Å². The van der Waals surface area contributed by atoms with Gasteiger partial charge in [-0.3, -0.25) is 4.79 Å². The molecule has 0 fully saturated rings. The molecule has 0 radical (unpaired) electrons. The Balaban J connectivity index is 1.64. The summed E-state index contributed by atoms with van der Waals surface area (Å²) in [6.07, 6.45) is 4.17. The van der Waals surface area contributed by atoms with Crippen LogP contribution in [-0.2, 0) is 6.42 Å². The summed E-state index contributed by atoms with van der Waals surface area (Å²) in [6.45, 7) is 0.551. The van der Waals surface area contributed by atoms with Gasteiger partial charge >= 0.3 is 0 Å². The minimum absolute atomic E-state index is 0.196. The standard InChI is InChI=1S/C15H13ClN2O2/c16-11-3-4-12-10(9-18-13(12)8-11)5-6-17-15(19)14-2-1-7-20-14/h1-4,7-9,18H,5-6H2,(H,17,19). The van der Waals surface area contributed by atoms with Crippen LogP contribution in [0, 0.1) is 0 Å². The Morgan fingerprint density at radius 3 is 3.05 bits per heavy atom. The number of carbonyl (C=O) groups is 1.